The van der Waals surface area contributed by atoms with Crippen LogP contribution in [0.3, 0.4) is 0 Å². The minimum absolute atomic E-state index is 0.600. The Labute approximate surface area is 88.8 Å². The number of rotatable bonds is 4. The van der Waals surface area contributed by atoms with E-state index in [1.165, 1.54) is 22.6 Å². The minimum Gasteiger partial charge on any atom is -0.304 e. The summed E-state index contributed by atoms with van der Waals surface area (Å²) in [7, 11) is 0. The lowest BCUT2D eigenvalue weighted by atomic mass is 9.99. The fourth-order valence-corrected chi connectivity index (χ4v) is 2.46. The Balaban J connectivity index is 2.02. The van der Waals surface area contributed by atoms with Gasteiger partial charge in [-0.15, -0.1) is 0 Å². The highest BCUT2D eigenvalue weighted by molar-refractivity contribution is 8.00. The molecule has 0 aliphatic carbocycles. The molecule has 1 aromatic rings. The van der Waals surface area contributed by atoms with Crippen LogP contribution in [0.15, 0.2) is 24.3 Å². The van der Waals surface area contributed by atoms with Crippen LogP contribution in [0.2, 0.25) is 0 Å². The van der Waals surface area contributed by atoms with Crippen LogP contribution in [0.1, 0.15) is 17.0 Å². The Hall–Kier alpha value is -0.510. The van der Waals surface area contributed by atoms with Gasteiger partial charge in [-0.2, -0.15) is 11.8 Å². The molecule has 0 spiro atoms. The molecule has 1 aliphatic heterocycles. The zero-order chi connectivity index (χ0) is 9.80. The first-order chi connectivity index (χ1) is 6.90. The lowest BCUT2D eigenvalue weighted by Gasteiger charge is -2.25. The number of hydrogen-bond acceptors (Lipinski definition) is 3. The zero-order valence-corrected chi connectivity index (χ0v) is 8.93. The second-order valence-corrected chi connectivity index (χ2v) is 4.68. The maximum atomic E-state index is 5.01. The van der Waals surface area contributed by atoms with Crippen LogP contribution in [0.25, 0.3) is 0 Å². The van der Waals surface area contributed by atoms with Gasteiger partial charge in [0, 0.05) is 17.4 Å². The summed E-state index contributed by atoms with van der Waals surface area (Å²) in [5.41, 5.74) is 2.79. The second kappa shape index (κ2) is 4.82. The molecular weight excluding hydrogens is 194 g/mol. The molecule has 1 fully saturated rings. The smallest absolute Gasteiger partial charge is 0.0719 e. The van der Waals surface area contributed by atoms with E-state index in [-0.39, 0.29) is 0 Å². The van der Waals surface area contributed by atoms with Crippen LogP contribution in [-0.4, -0.2) is 18.1 Å². The normalized spacial score (nSPS) is 16.6. The van der Waals surface area contributed by atoms with E-state index in [4.69, 9.17) is 5.90 Å². The van der Waals surface area contributed by atoms with Gasteiger partial charge in [0.05, 0.1) is 6.61 Å². The fraction of sp³-hybridized carbons (Fsp3) is 0.455. The van der Waals surface area contributed by atoms with Crippen molar-refractivity contribution < 1.29 is 4.84 Å². The lowest BCUT2D eigenvalue weighted by molar-refractivity contribution is 0.141. The van der Waals surface area contributed by atoms with Gasteiger partial charge < -0.3 is 4.84 Å². The van der Waals surface area contributed by atoms with Crippen molar-refractivity contribution >= 4 is 11.8 Å². The molecule has 1 saturated heterocycles. The summed E-state index contributed by atoms with van der Waals surface area (Å²) in [6, 6.07) is 8.76. The molecule has 2 N–H and O–H groups in total. The van der Waals surface area contributed by atoms with E-state index in [0.717, 1.165) is 12.3 Å². The van der Waals surface area contributed by atoms with E-state index in [0.29, 0.717) is 6.61 Å². The number of hydrogen-bond donors (Lipinski definition) is 1. The maximum absolute atomic E-state index is 5.01. The van der Waals surface area contributed by atoms with Gasteiger partial charge in [-0.05, 0) is 17.5 Å². The Morgan fingerprint density at radius 1 is 1.43 bits per heavy atom. The molecule has 0 aromatic heterocycles. The van der Waals surface area contributed by atoms with E-state index in [1.54, 1.807) is 0 Å². The van der Waals surface area contributed by atoms with E-state index < -0.39 is 0 Å². The highest BCUT2D eigenvalue weighted by Crippen LogP contribution is 2.34. The average molecular weight is 209 g/mol. The van der Waals surface area contributed by atoms with Crippen molar-refractivity contribution in [3.63, 3.8) is 0 Å². The van der Waals surface area contributed by atoms with Gasteiger partial charge >= 0.3 is 0 Å². The molecule has 76 valence electrons. The summed E-state index contributed by atoms with van der Waals surface area (Å²) < 4.78 is 0. The van der Waals surface area contributed by atoms with Crippen LogP contribution < -0.4 is 5.90 Å². The van der Waals surface area contributed by atoms with Crippen LogP contribution in [-0.2, 0) is 11.3 Å². The molecule has 0 amide bonds. The molecule has 2 rings (SSSR count). The first-order valence-corrected chi connectivity index (χ1v) is 6.04. The third kappa shape index (κ3) is 2.29. The van der Waals surface area contributed by atoms with E-state index in [9.17, 15) is 0 Å². The van der Waals surface area contributed by atoms with Crippen LogP contribution >= 0.6 is 11.8 Å². The number of benzene rings is 1. The van der Waals surface area contributed by atoms with E-state index in [1.807, 2.05) is 11.8 Å². The van der Waals surface area contributed by atoms with Gasteiger partial charge in [0.1, 0.15) is 0 Å². The average Bonchev–Trinajstić information content (AvgIpc) is 2.13. The van der Waals surface area contributed by atoms with Crippen molar-refractivity contribution in [2.24, 2.45) is 5.90 Å². The van der Waals surface area contributed by atoms with Crippen molar-refractivity contribution in [2.45, 2.75) is 12.3 Å². The zero-order valence-electron chi connectivity index (χ0n) is 8.11. The molecule has 1 aliphatic rings. The summed E-state index contributed by atoms with van der Waals surface area (Å²) in [6.45, 7) is 0.600. The fourth-order valence-electron chi connectivity index (χ4n) is 1.61. The molecule has 0 saturated carbocycles. The summed E-state index contributed by atoms with van der Waals surface area (Å²) in [4.78, 5) is 4.58. The van der Waals surface area contributed by atoms with E-state index in [2.05, 4.69) is 29.1 Å². The van der Waals surface area contributed by atoms with E-state index >= 15 is 0 Å². The van der Waals surface area contributed by atoms with Crippen LogP contribution in [0.5, 0.6) is 0 Å². The quantitative estimate of drug-likeness (QED) is 0.770. The monoisotopic (exact) mass is 209 g/mol. The predicted molar refractivity (Wildman–Crippen MR) is 60.4 cm³/mol. The molecule has 3 heteroatoms. The van der Waals surface area contributed by atoms with Gasteiger partial charge in [0.25, 0.3) is 0 Å². The Morgan fingerprint density at radius 2 is 2.29 bits per heavy atom. The summed E-state index contributed by atoms with van der Waals surface area (Å²) >= 11 is 2.02. The molecule has 0 atom stereocenters. The van der Waals surface area contributed by atoms with Gasteiger partial charge in [0.2, 0.25) is 0 Å². The number of nitrogens with two attached hydrogens (primary N) is 1. The Morgan fingerprint density at radius 3 is 2.93 bits per heavy atom. The van der Waals surface area contributed by atoms with Crippen LogP contribution in [0, 0.1) is 0 Å². The predicted octanol–water partition coefficient (Wildman–Crippen LogP) is 1.95. The first-order valence-electron chi connectivity index (χ1n) is 4.88. The highest BCUT2D eigenvalue weighted by Gasteiger charge is 2.19. The lowest BCUT2D eigenvalue weighted by Crippen LogP contribution is -2.15. The Kier molecular flexibility index (Phi) is 3.45. The molecule has 1 aromatic carbocycles. The molecule has 0 unspecified atom stereocenters. The Bertz CT molecular complexity index is 299. The molecule has 1 heterocycles. The van der Waals surface area contributed by atoms with Crippen molar-refractivity contribution in [3.05, 3.63) is 35.4 Å². The molecular formula is C11H15NOS. The summed E-state index contributed by atoms with van der Waals surface area (Å²) in [6.07, 6.45) is 0.907. The topological polar surface area (TPSA) is 35.2 Å². The largest absolute Gasteiger partial charge is 0.304 e. The first kappa shape index (κ1) is 10.0. The molecule has 0 bridgehead atoms. The highest BCUT2D eigenvalue weighted by atomic mass is 32.2. The van der Waals surface area contributed by atoms with Crippen molar-refractivity contribution in [2.75, 3.05) is 18.1 Å². The van der Waals surface area contributed by atoms with Crippen molar-refractivity contribution in [3.8, 4) is 0 Å². The van der Waals surface area contributed by atoms with Gasteiger partial charge in [-0.1, -0.05) is 24.3 Å². The summed E-state index contributed by atoms with van der Waals surface area (Å²) in [5.74, 6) is 8.33. The molecule has 2 nitrogen and oxygen atoms in total. The standard InChI is InChI=1S/C11H15NOS/c12-13-5-4-9-2-1-3-10(6-9)11-7-14-8-11/h1-3,6,11H,4-5,7-8,12H2. The third-order valence-electron chi connectivity index (χ3n) is 2.57. The second-order valence-electron chi connectivity index (χ2n) is 3.60. The van der Waals surface area contributed by atoms with Gasteiger partial charge in [0.15, 0.2) is 0 Å². The van der Waals surface area contributed by atoms with Gasteiger partial charge in [-0.25, -0.2) is 5.90 Å². The molecule has 0 radical (unpaired) electrons. The SMILES string of the molecule is NOCCc1cccc(C2CSC2)c1. The molecule has 14 heavy (non-hydrogen) atoms. The van der Waals surface area contributed by atoms with Crippen molar-refractivity contribution in [1.29, 1.82) is 0 Å². The van der Waals surface area contributed by atoms with Crippen molar-refractivity contribution in [1.82, 2.24) is 0 Å². The van der Waals surface area contributed by atoms with Crippen LogP contribution in [0.4, 0.5) is 0 Å². The maximum Gasteiger partial charge on any atom is 0.0719 e. The summed E-state index contributed by atoms with van der Waals surface area (Å²) in [5, 5.41) is 0. The number of thioether (sulfide) groups is 1. The third-order valence-corrected chi connectivity index (χ3v) is 3.85. The van der Waals surface area contributed by atoms with Gasteiger partial charge in [-0.3, -0.25) is 0 Å². The minimum atomic E-state index is 0.600.